The van der Waals surface area contributed by atoms with Crippen LogP contribution in [0.15, 0.2) is 47.2 Å². The number of aromatic amines is 1. The third kappa shape index (κ3) is 4.60. The zero-order chi connectivity index (χ0) is 26.3. The van der Waals surface area contributed by atoms with E-state index in [9.17, 15) is 9.59 Å². The van der Waals surface area contributed by atoms with Gasteiger partial charge < -0.3 is 19.6 Å². The second-order valence-electron chi connectivity index (χ2n) is 10.3. The average Bonchev–Trinajstić information content (AvgIpc) is 3.49. The minimum absolute atomic E-state index is 0.0509. The lowest BCUT2D eigenvalue weighted by Crippen LogP contribution is -2.27. The van der Waals surface area contributed by atoms with Crippen LogP contribution in [0.4, 0.5) is 0 Å². The Kier molecular flexibility index (Phi) is 6.07. The quantitative estimate of drug-likeness (QED) is 0.317. The van der Waals surface area contributed by atoms with Crippen molar-refractivity contribution >= 4 is 34.1 Å². The molecular weight excluding hydrogens is 468 g/mol. The fourth-order valence-electron chi connectivity index (χ4n) is 4.48. The van der Waals surface area contributed by atoms with Crippen molar-refractivity contribution in [1.82, 2.24) is 30.4 Å². The van der Waals surface area contributed by atoms with E-state index in [1.165, 1.54) is 0 Å². The molecule has 0 unspecified atom stereocenters. The first-order valence-electron chi connectivity index (χ1n) is 12.1. The number of aromatic nitrogens is 5. The molecule has 37 heavy (non-hydrogen) atoms. The molecule has 0 aliphatic heterocycles. The fraction of sp³-hybridized carbons (Fsp3) is 0.286. The zero-order valence-electron chi connectivity index (χ0n) is 21.4. The summed E-state index contributed by atoms with van der Waals surface area (Å²) in [5.41, 5.74) is 6.01. The van der Waals surface area contributed by atoms with Gasteiger partial charge in [-0.15, -0.1) is 0 Å². The summed E-state index contributed by atoms with van der Waals surface area (Å²) in [4.78, 5) is 40.3. The number of H-pyrrole nitrogens is 1. The SMILES string of the molecule is Cc1cc(-c2ncnc3[nH]c4cc(CC=O)ccc4c23)ccc1[C@@H](C)NC(=O)c1nc(C(C)(C)C)no1. The number of hydrogen-bond donors (Lipinski definition) is 2. The largest absolute Gasteiger partial charge is 0.341 e. The normalized spacial score (nSPS) is 12.7. The van der Waals surface area contributed by atoms with Crippen molar-refractivity contribution in [2.75, 3.05) is 0 Å². The molecule has 0 aliphatic carbocycles. The Morgan fingerprint density at radius 2 is 1.97 bits per heavy atom. The minimum atomic E-state index is -0.413. The number of aryl methyl sites for hydroxylation is 1. The van der Waals surface area contributed by atoms with E-state index in [1.807, 2.05) is 65.0 Å². The second kappa shape index (κ2) is 9.24. The summed E-state index contributed by atoms with van der Waals surface area (Å²) in [6.07, 6.45) is 2.80. The Morgan fingerprint density at radius 1 is 1.16 bits per heavy atom. The van der Waals surface area contributed by atoms with Gasteiger partial charge in [0.15, 0.2) is 5.82 Å². The molecule has 5 aromatic rings. The molecule has 3 aromatic heterocycles. The molecule has 2 N–H and O–H groups in total. The van der Waals surface area contributed by atoms with E-state index >= 15 is 0 Å². The van der Waals surface area contributed by atoms with Gasteiger partial charge in [0.1, 0.15) is 18.3 Å². The first-order valence-corrected chi connectivity index (χ1v) is 12.1. The van der Waals surface area contributed by atoms with Gasteiger partial charge >= 0.3 is 11.8 Å². The van der Waals surface area contributed by atoms with Gasteiger partial charge in [0, 0.05) is 28.3 Å². The summed E-state index contributed by atoms with van der Waals surface area (Å²) in [5, 5.41) is 8.80. The van der Waals surface area contributed by atoms with E-state index in [4.69, 9.17) is 4.52 Å². The second-order valence-corrected chi connectivity index (χ2v) is 10.3. The lowest BCUT2D eigenvalue weighted by atomic mass is 9.96. The third-order valence-corrected chi connectivity index (χ3v) is 6.42. The van der Waals surface area contributed by atoms with E-state index in [0.29, 0.717) is 12.2 Å². The van der Waals surface area contributed by atoms with Crippen LogP contribution in [0.3, 0.4) is 0 Å². The highest BCUT2D eigenvalue weighted by Gasteiger charge is 2.25. The molecule has 0 radical (unpaired) electrons. The maximum atomic E-state index is 12.7. The summed E-state index contributed by atoms with van der Waals surface area (Å²) in [7, 11) is 0. The number of nitrogens with one attached hydrogen (secondary N) is 2. The number of nitrogens with zero attached hydrogens (tertiary/aromatic N) is 4. The Hall–Kier alpha value is -4.40. The van der Waals surface area contributed by atoms with Gasteiger partial charge in [0.05, 0.1) is 17.1 Å². The first-order chi connectivity index (χ1) is 17.7. The summed E-state index contributed by atoms with van der Waals surface area (Å²) in [6, 6.07) is 11.7. The molecule has 0 saturated carbocycles. The van der Waals surface area contributed by atoms with Crippen LogP contribution in [0.1, 0.15) is 66.9 Å². The van der Waals surface area contributed by atoms with Crippen molar-refractivity contribution in [3.8, 4) is 11.3 Å². The van der Waals surface area contributed by atoms with Gasteiger partial charge in [-0.3, -0.25) is 4.79 Å². The monoisotopic (exact) mass is 496 g/mol. The van der Waals surface area contributed by atoms with Gasteiger partial charge in [-0.2, -0.15) is 4.98 Å². The number of hydrogen-bond acceptors (Lipinski definition) is 7. The van der Waals surface area contributed by atoms with Crippen molar-refractivity contribution < 1.29 is 14.1 Å². The highest BCUT2D eigenvalue weighted by atomic mass is 16.5. The Bertz CT molecular complexity index is 1640. The van der Waals surface area contributed by atoms with Crippen molar-refractivity contribution in [3.05, 3.63) is 71.1 Å². The van der Waals surface area contributed by atoms with E-state index in [2.05, 4.69) is 36.5 Å². The molecule has 0 aliphatic rings. The van der Waals surface area contributed by atoms with Crippen molar-refractivity contribution in [2.45, 2.75) is 52.5 Å². The fourth-order valence-corrected chi connectivity index (χ4v) is 4.48. The standard InChI is InChI=1S/C28H28N6O3/c1-15-12-18(7-9-19(15)16(2)31-25(36)26-33-27(34-37-26)28(3,4)5)23-22-20-8-6-17(10-11-35)13-21(20)32-24(22)30-14-29-23/h6-9,11-14,16H,10H2,1-5H3,(H,31,36)(H,29,30,32)/t16-/m1/s1. The smallest absolute Gasteiger partial charge is 0.315 e. The topological polar surface area (TPSA) is 127 Å². The Morgan fingerprint density at radius 3 is 2.68 bits per heavy atom. The van der Waals surface area contributed by atoms with Crippen LogP contribution in [0.2, 0.25) is 0 Å². The first kappa shape index (κ1) is 24.3. The highest BCUT2D eigenvalue weighted by Crippen LogP contribution is 2.34. The summed E-state index contributed by atoms with van der Waals surface area (Å²) < 4.78 is 5.18. The van der Waals surface area contributed by atoms with Crippen LogP contribution in [-0.4, -0.2) is 37.3 Å². The zero-order valence-corrected chi connectivity index (χ0v) is 21.4. The van der Waals surface area contributed by atoms with Gasteiger partial charge in [-0.25, -0.2) is 9.97 Å². The number of rotatable bonds is 6. The maximum Gasteiger partial charge on any atom is 0.315 e. The number of amides is 1. The average molecular weight is 497 g/mol. The number of carbonyl (C=O) groups excluding carboxylic acids is 2. The molecule has 2 aromatic carbocycles. The summed E-state index contributed by atoms with van der Waals surface area (Å²) >= 11 is 0. The predicted molar refractivity (Wildman–Crippen MR) is 140 cm³/mol. The van der Waals surface area contributed by atoms with Gasteiger partial charge in [0.2, 0.25) is 0 Å². The predicted octanol–water partition coefficient (Wildman–Crippen LogP) is 5.00. The van der Waals surface area contributed by atoms with Crippen LogP contribution < -0.4 is 5.32 Å². The van der Waals surface area contributed by atoms with E-state index in [0.717, 1.165) is 56.2 Å². The van der Waals surface area contributed by atoms with Crippen LogP contribution in [0.5, 0.6) is 0 Å². The molecule has 0 spiro atoms. The molecule has 9 nitrogen and oxygen atoms in total. The van der Waals surface area contributed by atoms with E-state index in [1.54, 1.807) is 6.33 Å². The van der Waals surface area contributed by atoms with Crippen LogP contribution in [0, 0.1) is 6.92 Å². The minimum Gasteiger partial charge on any atom is -0.341 e. The molecule has 5 rings (SSSR count). The van der Waals surface area contributed by atoms with Crippen molar-refractivity contribution in [3.63, 3.8) is 0 Å². The lowest BCUT2D eigenvalue weighted by Gasteiger charge is -2.16. The number of benzene rings is 2. The van der Waals surface area contributed by atoms with Crippen LogP contribution in [-0.2, 0) is 16.6 Å². The number of aldehydes is 1. The van der Waals surface area contributed by atoms with Gasteiger partial charge in [-0.1, -0.05) is 50.2 Å². The van der Waals surface area contributed by atoms with Gasteiger partial charge in [0.25, 0.3) is 0 Å². The molecule has 1 atom stereocenters. The summed E-state index contributed by atoms with van der Waals surface area (Å²) in [5.74, 6) is 0.0218. The number of fused-ring (bicyclic) bond motifs is 3. The Labute approximate surface area is 213 Å². The van der Waals surface area contributed by atoms with E-state index < -0.39 is 5.91 Å². The Balaban J connectivity index is 1.44. The molecule has 0 saturated heterocycles. The van der Waals surface area contributed by atoms with E-state index in [-0.39, 0.29) is 17.3 Å². The molecule has 3 heterocycles. The highest BCUT2D eigenvalue weighted by molar-refractivity contribution is 6.12. The molecule has 188 valence electrons. The third-order valence-electron chi connectivity index (χ3n) is 6.42. The molecule has 0 fully saturated rings. The molecular formula is C28H28N6O3. The summed E-state index contributed by atoms with van der Waals surface area (Å²) in [6.45, 7) is 9.80. The number of carbonyl (C=O) groups is 2. The molecule has 0 bridgehead atoms. The van der Waals surface area contributed by atoms with Crippen LogP contribution >= 0.6 is 0 Å². The maximum absolute atomic E-state index is 12.7. The molecule has 1 amide bonds. The van der Waals surface area contributed by atoms with Crippen LogP contribution in [0.25, 0.3) is 33.2 Å². The van der Waals surface area contributed by atoms with Crippen molar-refractivity contribution in [2.24, 2.45) is 0 Å². The van der Waals surface area contributed by atoms with Gasteiger partial charge in [-0.05, 0) is 42.7 Å². The lowest BCUT2D eigenvalue weighted by molar-refractivity contribution is -0.107. The molecule has 9 heteroatoms. The van der Waals surface area contributed by atoms with Crippen molar-refractivity contribution in [1.29, 1.82) is 0 Å².